The number of rotatable bonds is 9. The van der Waals surface area contributed by atoms with E-state index in [0.717, 1.165) is 46.7 Å². The van der Waals surface area contributed by atoms with Crippen LogP contribution in [0.15, 0.2) is 91.6 Å². The van der Waals surface area contributed by atoms with Crippen LogP contribution in [-0.4, -0.2) is 28.8 Å². The number of hydrogen-bond donors (Lipinski definition) is 1. The van der Waals surface area contributed by atoms with Gasteiger partial charge in [-0.3, -0.25) is 4.79 Å². The monoisotopic (exact) mass is 506 g/mol. The van der Waals surface area contributed by atoms with Gasteiger partial charge < -0.3 is 10.2 Å². The van der Waals surface area contributed by atoms with E-state index in [9.17, 15) is 9.18 Å². The van der Waals surface area contributed by atoms with E-state index in [2.05, 4.69) is 33.9 Å². The van der Waals surface area contributed by atoms with E-state index in [1.807, 2.05) is 42.5 Å². The molecular weight excluding hydrogens is 475 g/mol. The maximum absolute atomic E-state index is 13.9. The Hall–Kier alpha value is -4.32. The van der Waals surface area contributed by atoms with E-state index >= 15 is 0 Å². The summed E-state index contributed by atoms with van der Waals surface area (Å²) in [6.45, 7) is 5.73. The Morgan fingerprint density at radius 3 is 2.58 bits per heavy atom. The van der Waals surface area contributed by atoms with Gasteiger partial charge in [0.2, 0.25) is 5.95 Å². The third kappa shape index (κ3) is 6.32. The third-order valence-corrected chi connectivity index (χ3v) is 6.78. The summed E-state index contributed by atoms with van der Waals surface area (Å²) in [5, 5.41) is 3.37. The van der Waals surface area contributed by atoms with Gasteiger partial charge in [0, 0.05) is 54.6 Å². The summed E-state index contributed by atoms with van der Waals surface area (Å²) in [7, 11) is 0. The SMILES string of the molecule is C=CC(=O)Cc1cccc(-c2nc(Nc3cccc(N4CCCCC4)c3)ncc2Cc2cccc(F)c2)c1. The lowest BCUT2D eigenvalue weighted by atomic mass is 9.98. The first-order valence-electron chi connectivity index (χ1n) is 13.0. The van der Waals surface area contributed by atoms with Gasteiger partial charge in [0.25, 0.3) is 0 Å². The molecule has 38 heavy (non-hydrogen) atoms. The van der Waals surface area contributed by atoms with Gasteiger partial charge in [0.15, 0.2) is 5.78 Å². The zero-order valence-corrected chi connectivity index (χ0v) is 21.4. The molecule has 0 bridgehead atoms. The third-order valence-electron chi connectivity index (χ3n) is 6.78. The number of benzene rings is 3. The summed E-state index contributed by atoms with van der Waals surface area (Å²) in [6.07, 6.45) is 7.61. The van der Waals surface area contributed by atoms with Crippen LogP contribution in [0.25, 0.3) is 11.3 Å². The van der Waals surface area contributed by atoms with Crippen LogP contribution >= 0.6 is 0 Å². The van der Waals surface area contributed by atoms with Crippen LogP contribution in [-0.2, 0) is 17.6 Å². The summed E-state index contributed by atoms with van der Waals surface area (Å²) in [5.74, 6) is 0.161. The highest BCUT2D eigenvalue weighted by atomic mass is 19.1. The summed E-state index contributed by atoms with van der Waals surface area (Å²) in [4.78, 5) is 23.9. The summed E-state index contributed by atoms with van der Waals surface area (Å²) in [5.41, 5.74) is 6.31. The minimum atomic E-state index is -0.276. The Kier molecular flexibility index (Phi) is 7.88. The number of halogens is 1. The fourth-order valence-electron chi connectivity index (χ4n) is 4.88. The molecule has 4 aromatic rings. The molecular formula is C32H31FN4O. The fourth-order valence-corrected chi connectivity index (χ4v) is 4.88. The normalized spacial score (nSPS) is 13.2. The number of aromatic nitrogens is 2. The Labute approximate surface area is 223 Å². The molecule has 1 aromatic heterocycles. The van der Waals surface area contributed by atoms with E-state index in [-0.39, 0.29) is 18.0 Å². The maximum atomic E-state index is 13.9. The molecule has 0 spiro atoms. The molecule has 1 saturated heterocycles. The lowest BCUT2D eigenvalue weighted by molar-refractivity contribution is -0.114. The predicted octanol–water partition coefficient (Wildman–Crippen LogP) is 6.91. The van der Waals surface area contributed by atoms with Gasteiger partial charge in [-0.1, -0.05) is 43.0 Å². The molecule has 0 aliphatic carbocycles. The van der Waals surface area contributed by atoms with Crippen LogP contribution < -0.4 is 10.2 Å². The van der Waals surface area contributed by atoms with Crippen molar-refractivity contribution in [3.05, 3.63) is 114 Å². The minimum Gasteiger partial charge on any atom is -0.371 e. The van der Waals surface area contributed by atoms with Crippen molar-refractivity contribution in [3.8, 4) is 11.3 Å². The topological polar surface area (TPSA) is 58.1 Å². The standard InChI is InChI=1S/C32H31FN4O/c1-2-30(38)20-24-9-6-11-25(17-24)31-26(18-23-10-7-12-27(33)19-23)22-34-32(36-31)35-28-13-8-14-29(21-28)37-15-4-3-5-16-37/h2,6-14,17,19,21-22H,1,3-5,15-16,18,20H2,(H,34,35,36). The van der Waals surface area contributed by atoms with Gasteiger partial charge in [-0.15, -0.1) is 0 Å². The van der Waals surface area contributed by atoms with E-state index in [4.69, 9.17) is 4.98 Å². The van der Waals surface area contributed by atoms with Crippen molar-refractivity contribution in [1.82, 2.24) is 9.97 Å². The average molecular weight is 507 g/mol. The Morgan fingerprint density at radius 1 is 0.974 bits per heavy atom. The van der Waals surface area contributed by atoms with Crippen molar-refractivity contribution in [2.45, 2.75) is 32.1 Å². The molecule has 3 aromatic carbocycles. The molecule has 192 valence electrons. The quantitative estimate of drug-likeness (QED) is 0.250. The van der Waals surface area contributed by atoms with Gasteiger partial charge in [-0.05, 0) is 72.9 Å². The number of piperidine rings is 1. The van der Waals surface area contributed by atoms with Gasteiger partial charge in [-0.2, -0.15) is 0 Å². The van der Waals surface area contributed by atoms with Gasteiger partial charge >= 0.3 is 0 Å². The van der Waals surface area contributed by atoms with Crippen molar-refractivity contribution in [1.29, 1.82) is 0 Å². The Morgan fingerprint density at radius 2 is 1.76 bits per heavy atom. The minimum absolute atomic E-state index is 0.0410. The molecule has 1 aliphatic rings. The van der Waals surface area contributed by atoms with Crippen LogP contribution in [0.1, 0.15) is 36.0 Å². The molecule has 1 N–H and O–H groups in total. The molecule has 0 amide bonds. The molecule has 1 aliphatic heterocycles. The molecule has 0 saturated carbocycles. The molecule has 5 rings (SSSR count). The van der Waals surface area contributed by atoms with Crippen LogP contribution in [0.4, 0.5) is 21.7 Å². The van der Waals surface area contributed by atoms with Crippen LogP contribution in [0.2, 0.25) is 0 Å². The second kappa shape index (κ2) is 11.8. The van der Waals surface area contributed by atoms with Crippen molar-refractivity contribution in [2.24, 2.45) is 0 Å². The van der Waals surface area contributed by atoms with Crippen molar-refractivity contribution in [3.63, 3.8) is 0 Å². The molecule has 5 nitrogen and oxygen atoms in total. The number of allylic oxidation sites excluding steroid dienone is 1. The van der Waals surface area contributed by atoms with E-state index in [1.165, 1.54) is 43.2 Å². The summed E-state index contributed by atoms with van der Waals surface area (Å²) in [6, 6.07) is 22.7. The highest BCUT2D eigenvalue weighted by molar-refractivity contribution is 5.91. The van der Waals surface area contributed by atoms with Crippen LogP contribution in [0, 0.1) is 5.82 Å². The molecule has 0 radical (unpaired) electrons. The highest BCUT2D eigenvalue weighted by Crippen LogP contribution is 2.28. The first kappa shape index (κ1) is 25.3. The largest absolute Gasteiger partial charge is 0.371 e. The van der Waals surface area contributed by atoms with Gasteiger partial charge in [0.1, 0.15) is 5.82 Å². The number of anilines is 3. The number of hydrogen-bond acceptors (Lipinski definition) is 5. The van der Waals surface area contributed by atoms with E-state index in [1.54, 1.807) is 12.3 Å². The molecule has 2 heterocycles. The highest BCUT2D eigenvalue weighted by Gasteiger charge is 2.14. The van der Waals surface area contributed by atoms with E-state index < -0.39 is 0 Å². The summed E-state index contributed by atoms with van der Waals surface area (Å²) >= 11 is 0. The fraction of sp³-hybridized carbons (Fsp3) is 0.219. The zero-order chi connectivity index (χ0) is 26.3. The van der Waals surface area contributed by atoms with Crippen LogP contribution in [0.5, 0.6) is 0 Å². The van der Waals surface area contributed by atoms with Gasteiger partial charge in [0.05, 0.1) is 5.69 Å². The maximum Gasteiger partial charge on any atom is 0.227 e. The van der Waals surface area contributed by atoms with Crippen molar-refractivity contribution < 1.29 is 9.18 Å². The van der Waals surface area contributed by atoms with Crippen LogP contribution in [0.3, 0.4) is 0 Å². The smallest absolute Gasteiger partial charge is 0.227 e. The number of ketones is 1. The Balaban J connectivity index is 1.48. The summed E-state index contributed by atoms with van der Waals surface area (Å²) < 4.78 is 13.9. The lowest BCUT2D eigenvalue weighted by Gasteiger charge is -2.29. The first-order chi connectivity index (χ1) is 18.6. The zero-order valence-electron chi connectivity index (χ0n) is 21.4. The van der Waals surface area contributed by atoms with E-state index in [0.29, 0.717) is 12.4 Å². The molecule has 0 unspecified atom stereocenters. The van der Waals surface area contributed by atoms with Gasteiger partial charge in [-0.25, -0.2) is 14.4 Å². The van der Waals surface area contributed by atoms with Crippen molar-refractivity contribution in [2.75, 3.05) is 23.3 Å². The lowest BCUT2D eigenvalue weighted by Crippen LogP contribution is -2.29. The second-order valence-corrected chi connectivity index (χ2v) is 9.64. The Bertz CT molecular complexity index is 1450. The number of carbonyl (C=O) groups excluding carboxylic acids is 1. The second-order valence-electron chi connectivity index (χ2n) is 9.64. The number of nitrogens with zero attached hydrogens (tertiary/aromatic N) is 3. The van der Waals surface area contributed by atoms with Crippen molar-refractivity contribution >= 4 is 23.1 Å². The first-order valence-corrected chi connectivity index (χ1v) is 13.0. The average Bonchev–Trinajstić information content (AvgIpc) is 2.94. The predicted molar refractivity (Wildman–Crippen MR) is 151 cm³/mol. The molecule has 0 atom stereocenters. The number of nitrogens with one attached hydrogen (secondary N) is 1. The number of carbonyl (C=O) groups is 1. The molecule has 6 heteroatoms. The molecule has 1 fully saturated rings.